The number of nitrogens with zero attached hydrogens (tertiary/aromatic N) is 2. The van der Waals surface area contributed by atoms with Crippen molar-refractivity contribution in [3.05, 3.63) is 68.9 Å². The second-order valence-corrected chi connectivity index (χ2v) is 24.1. The summed E-state index contributed by atoms with van der Waals surface area (Å²) in [6, 6.07) is 9.28. The van der Waals surface area contributed by atoms with Gasteiger partial charge in [0.05, 0.1) is 22.9 Å². The number of benzene rings is 1. The van der Waals surface area contributed by atoms with Crippen molar-refractivity contribution in [1.82, 2.24) is 8.75 Å². The summed E-state index contributed by atoms with van der Waals surface area (Å²) >= 11 is 8.03. The summed E-state index contributed by atoms with van der Waals surface area (Å²) in [6.45, 7) is 9.13. The van der Waals surface area contributed by atoms with Crippen molar-refractivity contribution in [2.24, 2.45) is 0 Å². The van der Waals surface area contributed by atoms with Crippen LogP contribution in [-0.4, -0.2) is 8.75 Å². The van der Waals surface area contributed by atoms with E-state index in [1.807, 2.05) is 22.7 Å². The second kappa shape index (κ2) is 23.3. The molecule has 2 aliphatic rings. The van der Waals surface area contributed by atoms with Gasteiger partial charge in [0.25, 0.3) is 0 Å². The fraction of sp³-hybridized carbons (Fsp3) is 0.607. The average molecular weight is 974 g/mol. The molecule has 9 heteroatoms. The van der Waals surface area contributed by atoms with E-state index in [-0.39, 0.29) is 10.8 Å². The van der Waals surface area contributed by atoms with Crippen LogP contribution >= 0.6 is 57.1 Å². The van der Waals surface area contributed by atoms with Crippen LogP contribution in [-0.2, 0) is 10.8 Å². The molecule has 5 aromatic heterocycles. The predicted octanol–water partition coefficient (Wildman–Crippen LogP) is 21.1. The van der Waals surface area contributed by atoms with Crippen molar-refractivity contribution in [2.75, 3.05) is 0 Å². The van der Waals surface area contributed by atoms with Gasteiger partial charge in [0.15, 0.2) is 11.6 Å². The summed E-state index contributed by atoms with van der Waals surface area (Å²) in [6.07, 6.45) is 34.8. The molecule has 0 atom stereocenters. The van der Waals surface area contributed by atoms with Crippen molar-refractivity contribution in [2.45, 2.75) is 218 Å². The number of hydrogen-bond donors (Lipinski definition) is 0. The minimum Gasteiger partial charge on any atom is -0.203 e. The van der Waals surface area contributed by atoms with E-state index in [2.05, 4.69) is 62.7 Å². The van der Waals surface area contributed by atoms with Gasteiger partial charge >= 0.3 is 0 Å². The van der Waals surface area contributed by atoms with Gasteiger partial charge in [0.2, 0.25) is 0 Å². The van der Waals surface area contributed by atoms with Crippen LogP contribution < -0.4 is 0 Å². The molecule has 0 spiro atoms. The molecule has 2 aliphatic carbocycles. The van der Waals surface area contributed by atoms with E-state index >= 15 is 8.78 Å². The van der Waals surface area contributed by atoms with Gasteiger partial charge < -0.3 is 0 Å². The lowest BCUT2D eigenvalue weighted by atomic mass is 9.71. The van der Waals surface area contributed by atoms with Gasteiger partial charge in [-0.2, -0.15) is 8.75 Å². The average Bonchev–Trinajstić information content (AvgIpc) is 4.18. The van der Waals surface area contributed by atoms with Gasteiger partial charge in [-0.25, -0.2) is 8.78 Å². The number of fused-ring (bicyclic) bond motifs is 7. The van der Waals surface area contributed by atoms with Crippen LogP contribution in [0.5, 0.6) is 0 Å². The Morgan fingerprint density at radius 2 is 0.738 bits per heavy atom. The third-order valence-corrected chi connectivity index (χ3v) is 20.2. The molecule has 5 heterocycles. The molecular formula is C56H74F2N2S5. The third-order valence-electron chi connectivity index (χ3n) is 15.2. The standard InChI is InChI=1S/C56H74F2N2S5/c1-5-9-13-17-21-25-31-55(32-26-22-18-14-10-6-2)39-29-35-61-51(39)53-41(55)37-43(63-53)45-47(57)48(58)46(50-49(45)59-65-60-50)44-38-42-54(64-44)52-40(30-36-62-52)56(42,33-27-23-19-15-11-7-3)34-28-24-20-16-12-8-4/h29-30,35-38H,5-28,31-34H2,1-4H3. The number of halogens is 2. The number of unbranched alkanes of at least 4 members (excludes halogenated alkanes) is 20. The summed E-state index contributed by atoms with van der Waals surface area (Å²) in [7, 11) is 0. The zero-order valence-electron chi connectivity index (χ0n) is 40.0. The second-order valence-electron chi connectivity index (χ2n) is 19.6. The van der Waals surface area contributed by atoms with Crippen molar-refractivity contribution in [3.8, 4) is 40.4 Å². The van der Waals surface area contributed by atoms with E-state index in [9.17, 15) is 0 Å². The van der Waals surface area contributed by atoms with E-state index in [1.165, 1.54) is 196 Å². The Morgan fingerprint density at radius 3 is 1.08 bits per heavy atom. The molecule has 0 aliphatic heterocycles. The largest absolute Gasteiger partial charge is 0.203 e. The van der Waals surface area contributed by atoms with Crippen LogP contribution in [0.4, 0.5) is 8.78 Å². The maximum absolute atomic E-state index is 17.3. The molecule has 65 heavy (non-hydrogen) atoms. The molecule has 6 aromatic rings. The van der Waals surface area contributed by atoms with Crippen molar-refractivity contribution in [3.63, 3.8) is 0 Å². The Bertz CT molecular complexity index is 2230. The first-order valence-electron chi connectivity index (χ1n) is 26.0. The Kier molecular flexibility index (Phi) is 17.6. The molecule has 352 valence electrons. The normalized spacial score (nSPS) is 14.4. The van der Waals surface area contributed by atoms with Crippen LogP contribution in [0, 0.1) is 11.6 Å². The highest BCUT2D eigenvalue weighted by atomic mass is 32.1. The van der Waals surface area contributed by atoms with Gasteiger partial charge in [-0.05, 0) is 83.0 Å². The van der Waals surface area contributed by atoms with E-state index in [0.29, 0.717) is 22.2 Å². The molecule has 0 N–H and O–H groups in total. The number of hydrogen-bond acceptors (Lipinski definition) is 7. The molecule has 8 rings (SSSR count). The molecule has 0 saturated carbocycles. The monoisotopic (exact) mass is 972 g/mol. The van der Waals surface area contributed by atoms with Gasteiger partial charge in [-0.1, -0.05) is 182 Å². The summed E-state index contributed by atoms with van der Waals surface area (Å²) in [5, 5.41) is 4.52. The highest BCUT2D eigenvalue weighted by molar-refractivity contribution is 7.24. The van der Waals surface area contributed by atoms with Crippen LogP contribution in [0.1, 0.15) is 230 Å². The Balaban J connectivity index is 1.14. The van der Waals surface area contributed by atoms with Crippen molar-refractivity contribution < 1.29 is 8.78 Å². The third kappa shape index (κ3) is 10.1. The Hall–Kier alpha value is -2.30. The molecule has 2 nitrogen and oxygen atoms in total. The minimum absolute atomic E-state index is 0.0843. The van der Waals surface area contributed by atoms with Gasteiger partial charge in [-0.3, -0.25) is 0 Å². The summed E-state index contributed by atoms with van der Waals surface area (Å²) < 4.78 is 44.3. The van der Waals surface area contributed by atoms with Crippen molar-refractivity contribution in [1.29, 1.82) is 0 Å². The first-order chi connectivity index (χ1) is 31.9. The van der Waals surface area contributed by atoms with Crippen LogP contribution in [0.2, 0.25) is 0 Å². The lowest BCUT2D eigenvalue weighted by molar-refractivity contribution is 0.399. The fourth-order valence-electron chi connectivity index (χ4n) is 11.6. The molecule has 1 aromatic carbocycles. The van der Waals surface area contributed by atoms with E-state index in [4.69, 9.17) is 8.75 Å². The first-order valence-corrected chi connectivity index (χ1v) is 30.2. The van der Waals surface area contributed by atoms with Gasteiger partial charge in [0, 0.05) is 40.1 Å². The van der Waals surface area contributed by atoms with E-state index in [0.717, 1.165) is 47.2 Å². The Labute approximate surface area is 410 Å². The van der Waals surface area contributed by atoms with Crippen LogP contribution in [0.25, 0.3) is 51.4 Å². The number of thiophene rings is 4. The summed E-state index contributed by atoms with van der Waals surface area (Å²) in [4.78, 5) is 6.78. The SMILES string of the molecule is CCCCCCCCC1(CCCCCCCC)c2ccsc2-c2sc(-c3c(F)c(F)c(-c4cc5c(s4)-c4sccc4C5(CCCCCCCC)CCCCCCCC)c4nsnc34)cc21. The predicted molar refractivity (Wildman–Crippen MR) is 284 cm³/mol. The zero-order chi connectivity index (χ0) is 45.2. The lowest BCUT2D eigenvalue weighted by Crippen LogP contribution is -2.25. The quantitative estimate of drug-likeness (QED) is 0.0420. The topological polar surface area (TPSA) is 25.8 Å². The molecule has 0 fully saturated rings. The highest BCUT2D eigenvalue weighted by Gasteiger charge is 2.47. The molecule has 0 bridgehead atoms. The Morgan fingerprint density at radius 1 is 0.415 bits per heavy atom. The van der Waals surface area contributed by atoms with Crippen LogP contribution in [0.15, 0.2) is 35.0 Å². The lowest BCUT2D eigenvalue weighted by Gasteiger charge is -2.31. The van der Waals surface area contributed by atoms with Crippen molar-refractivity contribution >= 4 is 68.1 Å². The number of rotatable bonds is 30. The van der Waals surface area contributed by atoms with E-state index < -0.39 is 11.6 Å². The highest BCUT2D eigenvalue weighted by Crippen LogP contribution is 2.62. The number of aromatic nitrogens is 2. The fourth-order valence-corrected chi connectivity index (χ4v) is 17.1. The smallest absolute Gasteiger partial charge is 0.170 e. The molecule has 0 amide bonds. The summed E-state index contributed by atoms with van der Waals surface area (Å²) in [5.41, 5.74) is 7.07. The van der Waals surface area contributed by atoms with E-state index in [1.54, 1.807) is 22.7 Å². The molecule has 0 unspecified atom stereocenters. The molecular weight excluding hydrogens is 899 g/mol. The summed E-state index contributed by atoms with van der Waals surface area (Å²) in [5.74, 6) is -1.56. The van der Waals surface area contributed by atoms with Crippen LogP contribution in [0.3, 0.4) is 0 Å². The van der Waals surface area contributed by atoms with Gasteiger partial charge in [0.1, 0.15) is 11.0 Å². The molecule has 0 radical (unpaired) electrons. The zero-order valence-corrected chi connectivity index (χ0v) is 44.0. The molecule has 0 saturated heterocycles. The maximum Gasteiger partial charge on any atom is 0.170 e. The maximum atomic E-state index is 17.3. The van der Waals surface area contributed by atoms with Gasteiger partial charge in [-0.15, -0.1) is 45.3 Å². The first kappa shape index (κ1) is 49.1. The minimum atomic E-state index is -0.778.